The van der Waals surface area contributed by atoms with Gasteiger partial charge in [-0.3, -0.25) is 0 Å². The normalized spacial score (nSPS) is 10.1. The first-order valence-electron chi connectivity index (χ1n) is 7.84. The molecule has 0 fully saturated rings. The first-order chi connectivity index (χ1) is 11.2. The average molecular weight is 310 g/mol. The number of hydrogen-bond acceptors (Lipinski definition) is 3. The Balaban J connectivity index is 1.93. The van der Waals surface area contributed by atoms with Gasteiger partial charge in [0.15, 0.2) is 0 Å². The largest absolute Gasteiger partial charge is 0.457 e. The van der Waals surface area contributed by atoms with Gasteiger partial charge in [-0.05, 0) is 41.7 Å². The van der Waals surface area contributed by atoms with Crippen molar-refractivity contribution in [2.45, 2.75) is 26.2 Å². The Morgan fingerprint density at radius 1 is 1.04 bits per heavy atom. The Labute approximate surface area is 137 Å². The van der Waals surface area contributed by atoms with Crippen LogP contribution in [0.5, 0.6) is 5.75 Å². The summed E-state index contributed by atoms with van der Waals surface area (Å²) in [6.07, 6.45) is 4.68. The second-order valence-corrected chi connectivity index (χ2v) is 5.25. The Hall–Kier alpha value is -2.55. The Morgan fingerprint density at radius 2 is 1.65 bits per heavy atom. The summed E-state index contributed by atoms with van der Waals surface area (Å²) in [5, 5.41) is 0. The lowest BCUT2D eigenvalue weighted by Crippen LogP contribution is -2.07. The summed E-state index contributed by atoms with van der Waals surface area (Å²) in [5.74, 6) is 0.162. The van der Waals surface area contributed by atoms with Crippen LogP contribution < -0.4 is 4.74 Å². The number of carbonyl (C=O) groups excluding carboxylic acids is 1. The third-order valence-corrected chi connectivity index (χ3v) is 3.55. The molecule has 0 aliphatic rings. The molecule has 0 spiro atoms. The van der Waals surface area contributed by atoms with E-state index in [0.29, 0.717) is 5.75 Å². The van der Waals surface area contributed by atoms with Gasteiger partial charge in [0.2, 0.25) is 6.79 Å². The predicted molar refractivity (Wildman–Crippen MR) is 92.3 cm³/mol. The molecule has 0 aromatic heterocycles. The lowest BCUT2D eigenvalue weighted by Gasteiger charge is -2.08. The van der Waals surface area contributed by atoms with E-state index in [-0.39, 0.29) is 6.79 Å². The van der Waals surface area contributed by atoms with Crippen LogP contribution in [0.4, 0.5) is 0 Å². The molecule has 120 valence electrons. The van der Waals surface area contributed by atoms with Gasteiger partial charge in [-0.25, -0.2) is 4.79 Å². The van der Waals surface area contributed by atoms with Gasteiger partial charge in [-0.1, -0.05) is 56.3 Å². The molecule has 0 saturated heterocycles. The van der Waals surface area contributed by atoms with Crippen molar-refractivity contribution in [2.75, 3.05) is 6.79 Å². The van der Waals surface area contributed by atoms with Gasteiger partial charge in [-0.2, -0.15) is 0 Å². The summed E-state index contributed by atoms with van der Waals surface area (Å²) in [4.78, 5) is 10.9. The highest BCUT2D eigenvalue weighted by Gasteiger charge is 2.01. The van der Waals surface area contributed by atoms with Crippen molar-refractivity contribution in [3.05, 3.63) is 66.7 Å². The molecular formula is C20H22O3. The Kier molecular flexibility index (Phi) is 6.42. The highest BCUT2D eigenvalue weighted by atomic mass is 16.7. The maximum Gasteiger partial charge on any atom is 0.333 e. The minimum atomic E-state index is -0.496. The molecule has 0 heterocycles. The summed E-state index contributed by atoms with van der Waals surface area (Å²) < 4.78 is 10.1. The molecule has 23 heavy (non-hydrogen) atoms. The van der Waals surface area contributed by atoms with E-state index in [4.69, 9.17) is 9.47 Å². The molecule has 3 nitrogen and oxygen atoms in total. The molecule has 2 aromatic carbocycles. The average Bonchev–Trinajstić information content (AvgIpc) is 2.61. The zero-order chi connectivity index (χ0) is 16.5. The molecule has 0 bridgehead atoms. The molecule has 3 heteroatoms. The molecule has 0 unspecified atom stereocenters. The van der Waals surface area contributed by atoms with Crippen molar-refractivity contribution >= 4 is 5.97 Å². The van der Waals surface area contributed by atoms with Crippen molar-refractivity contribution in [3.8, 4) is 16.9 Å². The number of ether oxygens (including phenoxy) is 2. The van der Waals surface area contributed by atoms with Crippen molar-refractivity contribution in [2.24, 2.45) is 0 Å². The van der Waals surface area contributed by atoms with E-state index in [1.165, 1.54) is 24.0 Å². The van der Waals surface area contributed by atoms with Crippen molar-refractivity contribution in [1.29, 1.82) is 0 Å². The monoisotopic (exact) mass is 310 g/mol. The van der Waals surface area contributed by atoms with Gasteiger partial charge < -0.3 is 9.47 Å². The van der Waals surface area contributed by atoms with E-state index < -0.39 is 5.97 Å². The fraction of sp³-hybridized carbons (Fsp3) is 0.250. The quantitative estimate of drug-likeness (QED) is 0.400. The van der Waals surface area contributed by atoms with E-state index in [1.807, 2.05) is 24.3 Å². The second-order valence-electron chi connectivity index (χ2n) is 5.25. The van der Waals surface area contributed by atoms with Crippen molar-refractivity contribution in [3.63, 3.8) is 0 Å². The molecule has 2 rings (SSSR count). The van der Waals surface area contributed by atoms with Gasteiger partial charge >= 0.3 is 5.97 Å². The first kappa shape index (κ1) is 16.8. The molecule has 0 saturated carbocycles. The standard InChI is InChI=1S/C20H22O3/c1-3-5-6-16-7-9-17(10-8-16)18-11-13-19(14-12-18)22-15-23-20(21)4-2/h4,7-14H,2-3,5-6,15H2,1H3. The van der Waals surface area contributed by atoms with Gasteiger partial charge in [0.1, 0.15) is 5.75 Å². The van der Waals surface area contributed by atoms with E-state index in [0.717, 1.165) is 18.1 Å². The maximum atomic E-state index is 10.9. The van der Waals surface area contributed by atoms with Crippen molar-refractivity contribution in [1.82, 2.24) is 0 Å². The molecule has 2 aromatic rings. The van der Waals surface area contributed by atoms with Crippen LogP contribution in [-0.4, -0.2) is 12.8 Å². The topological polar surface area (TPSA) is 35.5 Å². The number of benzene rings is 2. The minimum absolute atomic E-state index is 0.115. The molecule has 0 radical (unpaired) electrons. The smallest absolute Gasteiger partial charge is 0.333 e. The molecule has 0 N–H and O–H groups in total. The van der Waals surface area contributed by atoms with E-state index in [1.54, 1.807) is 0 Å². The summed E-state index contributed by atoms with van der Waals surface area (Å²) in [7, 11) is 0. The molecule has 0 amide bonds. The maximum absolute atomic E-state index is 10.9. The lowest BCUT2D eigenvalue weighted by molar-refractivity contribution is -0.144. The van der Waals surface area contributed by atoms with Gasteiger partial charge in [0, 0.05) is 6.08 Å². The second kappa shape index (κ2) is 8.79. The fourth-order valence-electron chi connectivity index (χ4n) is 2.20. The lowest BCUT2D eigenvalue weighted by atomic mass is 10.0. The van der Waals surface area contributed by atoms with Crippen LogP contribution >= 0.6 is 0 Å². The first-order valence-corrected chi connectivity index (χ1v) is 7.84. The van der Waals surface area contributed by atoms with E-state index in [2.05, 4.69) is 37.8 Å². The highest BCUT2D eigenvalue weighted by Crippen LogP contribution is 2.23. The minimum Gasteiger partial charge on any atom is -0.457 e. The SMILES string of the molecule is C=CC(=O)OCOc1ccc(-c2ccc(CCCC)cc2)cc1. The highest BCUT2D eigenvalue weighted by molar-refractivity contribution is 5.81. The number of hydrogen-bond donors (Lipinski definition) is 0. The van der Waals surface area contributed by atoms with Crippen LogP contribution in [0.25, 0.3) is 11.1 Å². The predicted octanol–water partition coefficient (Wildman–Crippen LogP) is 4.76. The molecular weight excluding hydrogens is 288 g/mol. The zero-order valence-electron chi connectivity index (χ0n) is 13.5. The van der Waals surface area contributed by atoms with Crippen LogP contribution in [0.3, 0.4) is 0 Å². The third-order valence-electron chi connectivity index (χ3n) is 3.55. The van der Waals surface area contributed by atoms with Crippen LogP contribution in [0.15, 0.2) is 61.2 Å². The number of carbonyl (C=O) groups is 1. The Bertz CT molecular complexity index is 627. The Morgan fingerprint density at radius 3 is 2.22 bits per heavy atom. The van der Waals surface area contributed by atoms with Gasteiger partial charge in [0.05, 0.1) is 0 Å². The summed E-state index contributed by atoms with van der Waals surface area (Å²) >= 11 is 0. The number of unbranched alkanes of at least 4 members (excludes halogenated alkanes) is 1. The van der Waals surface area contributed by atoms with Gasteiger partial charge in [-0.15, -0.1) is 0 Å². The van der Waals surface area contributed by atoms with Gasteiger partial charge in [0.25, 0.3) is 0 Å². The van der Waals surface area contributed by atoms with Crippen molar-refractivity contribution < 1.29 is 14.3 Å². The zero-order valence-corrected chi connectivity index (χ0v) is 13.5. The van der Waals surface area contributed by atoms with Crippen LogP contribution in [0.1, 0.15) is 25.3 Å². The number of esters is 1. The molecule has 0 aliphatic carbocycles. The number of aryl methyl sites for hydroxylation is 1. The van der Waals surface area contributed by atoms with Crippen LogP contribution in [-0.2, 0) is 16.0 Å². The van der Waals surface area contributed by atoms with E-state index >= 15 is 0 Å². The fourth-order valence-corrected chi connectivity index (χ4v) is 2.20. The summed E-state index contributed by atoms with van der Waals surface area (Å²) in [6.45, 7) is 5.41. The third kappa shape index (κ3) is 5.29. The van der Waals surface area contributed by atoms with Crippen LogP contribution in [0, 0.1) is 0 Å². The van der Waals surface area contributed by atoms with Crippen LogP contribution in [0.2, 0.25) is 0 Å². The summed E-state index contributed by atoms with van der Waals surface area (Å²) in [6, 6.07) is 16.4. The van der Waals surface area contributed by atoms with E-state index in [9.17, 15) is 4.79 Å². The summed E-state index contributed by atoms with van der Waals surface area (Å²) in [5.41, 5.74) is 3.68. The molecule has 0 aliphatic heterocycles. The molecule has 0 atom stereocenters. The number of rotatable bonds is 8.